The summed E-state index contributed by atoms with van der Waals surface area (Å²) in [5, 5.41) is 6.20. The molecule has 9 heteroatoms. The Morgan fingerprint density at radius 3 is 3.08 bits per heavy atom. The van der Waals surface area contributed by atoms with Crippen LogP contribution >= 0.6 is 0 Å². The molecule has 0 saturated carbocycles. The number of aromatic amines is 1. The summed E-state index contributed by atoms with van der Waals surface area (Å²) >= 11 is 0. The third-order valence-corrected chi connectivity index (χ3v) is 4.35. The van der Waals surface area contributed by atoms with Gasteiger partial charge >= 0.3 is 0 Å². The number of amides is 1. The van der Waals surface area contributed by atoms with Gasteiger partial charge in [-0.1, -0.05) is 11.2 Å². The van der Waals surface area contributed by atoms with Crippen LogP contribution in [0.15, 0.2) is 44.3 Å². The first-order chi connectivity index (χ1) is 12.7. The van der Waals surface area contributed by atoms with E-state index in [-0.39, 0.29) is 23.9 Å². The number of nitrogens with one attached hydrogen (secondary N) is 1. The van der Waals surface area contributed by atoms with Gasteiger partial charge in [0.15, 0.2) is 0 Å². The van der Waals surface area contributed by atoms with Crippen molar-refractivity contribution in [1.29, 1.82) is 0 Å². The summed E-state index contributed by atoms with van der Waals surface area (Å²) in [5.74, 6) is 1.27. The number of rotatable bonds is 5. The molecule has 0 aromatic carbocycles. The second-order valence-corrected chi connectivity index (χ2v) is 6.10. The van der Waals surface area contributed by atoms with Crippen LogP contribution in [0.4, 0.5) is 0 Å². The normalized spacial score (nSPS) is 16.9. The Morgan fingerprint density at radius 2 is 2.31 bits per heavy atom. The van der Waals surface area contributed by atoms with Crippen molar-refractivity contribution < 1.29 is 13.8 Å². The molecule has 1 amide bonds. The molecule has 1 N–H and O–H groups in total. The van der Waals surface area contributed by atoms with Crippen molar-refractivity contribution in [3.05, 3.63) is 52.5 Å². The first-order valence-corrected chi connectivity index (χ1v) is 8.42. The molecule has 1 fully saturated rings. The summed E-state index contributed by atoms with van der Waals surface area (Å²) in [6, 6.07) is 6.59. The highest BCUT2D eigenvalue weighted by Crippen LogP contribution is 2.32. The number of pyridine rings is 1. The Hall–Kier alpha value is -3.23. The molecule has 1 unspecified atom stereocenters. The van der Waals surface area contributed by atoms with Gasteiger partial charge in [-0.3, -0.25) is 14.6 Å². The van der Waals surface area contributed by atoms with Crippen LogP contribution in [0.25, 0.3) is 11.5 Å². The van der Waals surface area contributed by atoms with Gasteiger partial charge in [0.25, 0.3) is 5.56 Å². The molecule has 3 aromatic rings. The largest absolute Gasteiger partial charge is 0.384 e. The van der Waals surface area contributed by atoms with Crippen molar-refractivity contribution in [3.63, 3.8) is 0 Å². The van der Waals surface area contributed by atoms with Crippen molar-refractivity contribution in [2.75, 3.05) is 6.54 Å². The maximum atomic E-state index is 12.6. The molecular formula is C17H17N5O4. The summed E-state index contributed by atoms with van der Waals surface area (Å²) in [4.78, 5) is 34.0. The van der Waals surface area contributed by atoms with Crippen LogP contribution in [0.1, 0.15) is 37.0 Å². The molecule has 1 atom stereocenters. The van der Waals surface area contributed by atoms with Crippen molar-refractivity contribution >= 4 is 5.91 Å². The van der Waals surface area contributed by atoms with E-state index in [9.17, 15) is 9.59 Å². The molecule has 3 aromatic heterocycles. The minimum Gasteiger partial charge on any atom is -0.384 e. The molecule has 4 heterocycles. The lowest BCUT2D eigenvalue weighted by Crippen LogP contribution is -2.30. The van der Waals surface area contributed by atoms with Gasteiger partial charge in [-0.2, -0.15) is 10.1 Å². The van der Waals surface area contributed by atoms with Crippen molar-refractivity contribution in [3.8, 4) is 11.5 Å². The van der Waals surface area contributed by atoms with Crippen LogP contribution in [-0.4, -0.2) is 37.6 Å². The zero-order valence-electron chi connectivity index (χ0n) is 13.9. The second kappa shape index (κ2) is 6.95. The average Bonchev–Trinajstić information content (AvgIpc) is 3.40. The highest BCUT2D eigenvalue weighted by atomic mass is 16.5. The number of hydrogen-bond acceptors (Lipinski definition) is 7. The van der Waals surface area contributed by atoms with Crippen LogP contribution in [0.2, 0.25) is 0 Å². The van der Waals surface area contributed by atoms with E-state index in [1.807, 2.05) is 12.1 Å². The highest BCUT2D eigenvalue weighted by molar-refractivity contribution is 5.77. The van der Waals surface area contributed by atoms with E-state index < -0.39 is 0 Å². The zero-order chi connectivity index (χ0) is 17.9. The van der Waals surface area contributed by atoms with Gasteiger partial charge in [0.2, 0.25) is 17.6 Å². The zero-order valence-corrected chi connectivity index (χ0v) is 13.9. The van der Waals surface area contributed by atoms with E-state index in [2.05, 4.69) is 20.3 Å². The fourth-order valence-corrected chi connectivity index (χ4v) is 3.11. The number of carbonyl (C=O) groups excluding carboxylic acids is 1. The molecule has 0 spiro atoms. The van der Waals surface area contributed by atoms with Gasteiger partial charge in [-0.25, -0.2) is 0 Å². The van der Waals surface area contributed by atoms with Crippen molar-refractivity contribution in [1.82, 2.24) is 25.2 Å². The van der Waals surface area contributed by atoms with E-state index in [1.54, 1.807) is 17.2 Å². The van der Waals surface area contributed by atoms with Crippen LogP contribution < -0.4 is 5.56 Å². The Kier molecular flexibility index (Phi) is 4.34. The van der Waals surface area contributed by atoms with Crippen LogP contribution in [0.5, 0.6) is 0 Å². The number of H-pyrrole nitrogens is 1. The molecule has 0 radical (unpaired) electrons. The van der Waals surface area contributed by atoms with E-state index >= 15 is 0 Å². The first-order valence-electron chi connectivity index (χ1n) is 8.42. The van der Waals surface area contributed by atoms with Gasteiger partial charge in [-0.15, -0.1) is 0 Å². The Balaban J connectivity index is 1.45. The van der Waals surface area contributed by atoms with E-state index in [1.165, 1.54) is 6.07 Å². The maximum absolute atomic E-state index is 12.6. The number of hydrogen-bond donors (Lipinski definition) is 1. The van der Waals surface area contributed by atoms with Crippen LogP contribution in [0.3, 0.4) is 0 Å². The third-order valence-electron chi connectivity index (χ3n) is 4.35. The number of likely N-dealkylation sites (tertiary alicyclic amines) is 1. The van der Waals surface area contributed by atoms with E-state index in [0.717, 1.165) is 12.8 Å². The van der Waals surface area contributed by atoms with Gasteiger partial charge in [0, 0.05) is 31.6 Å². The Morgan fingerprint density at radius 1 is 1.38 bits per heavy atom. The summed E-state index contributed by atoms with van der Waals surface area (Å²) < 4.78 is 10.4. The number of nitrogens with zero attached hydrogens (tertiary/aromatic N) is 4. The second-order valence-electron chi connectivity index (χ2n) is 6.10. The lowest BCUT2D eigenvalue weighted by atomic mass is 10.2. The van der Waals surface area contributed by atoms with Crippen molar-refractivity contribution in [2.24, 2.45) is 0 Å². The third kappa shape index (κ3) is 3.28. The number of aromatic nitrogens is 4. The number of carbonyl (C=O) groups is 1. The molecule has 4 rings (SSSR count). The molecule has 0 aliphatic carbocycles. The molecule has 1 aliphatic heterocycles. The molecular weight excluding hydrogens is 338 g/mol. The van der Waals surface area contributed by atoms with E-state index in [4.69, 9.17) is 9.05 Å². The molecule has 26 heavy (non-hydrogen) atoms. The molecule has 0 bridgehead atoms. The lowest BCUT2D eigenvalue weighted by Gasteiger charge is -2.21. The number of aryl methyl sites for hydroxylation is 1. The summed E-state index contributed by atoms with van der Waals surface area (Å²) in [7, 11) is 0. The Bertz CT molecular complexity index is 945. The van der Waals surface area contributed by atoms with Gasteiger partial charge < -0.3 is 13.9 Å². The minimum absolute atomic E-state index is 0.0334. The average molecular weight is 355 g/mol. The van der Waals surface area contributed by atoms with Gasteiger partial charge in [-0.05, 0) is 25.0 Å². The van der Waals surface area contributed by atoms with Crippen LogP contribution in [0, 0.1) is 0 Å². The molecule has 134 valence electrons. The SMILES string of the molecule is O=C(CCc1cc(=O)[nH]o1)N1CCCC1c1nc(-c2ccccn2)no1. The first kappa shape index (κ1) is 16.2. The fourth-order valence-electron chi connectivity index (χ4n) is 3.11. The predicted molar refractivity (Wildman–Crippen MR) is 88.9 cm³/mol. The monoisotopic (exact) mass is 355 g/mol. The summed E-state index contributed by atoms with van der Waals surface area (Å²) in [5.41, 5.74) is 0.320. The molecule has 9 nitrogen and oxygen atoms in total. The highest BCUT2D eigenvalue weighted by Gasteiger charge is 2.34. The fraction of sp³-hybridized carbons (Fsp3) is 0.353. The van der Waals surface area contributed by atoms with Crippen LogP contribution in [-0.2, 0) is 11.2 Å². The lowest BCUT2D eigenvalue weighted by molar-refractivity contribution is -0.132. The standard InChI is InChI=1S/C17H17N5O4/c23-14-10-11(25-20-14)6-7-15(24)22-9-3-5-13(22)17-19-16(21-26-17)12-4-1-2-8-18-12/h1-2,4,8,10,13H,3,5-7,9H2,(H,20,23). The molecule has 1 aliphatic rings. The summed E-state index contributed by atoms with van der Waals surface area (Å²) in [6.07, 6.45) is 3.92. The Labute approximate surface area is 148 Å². The van der Waals surface area contributed by atoms with Gasteiger partial charge in [0.1, 0.15) is 17.5 Å². The quantitative estimate of drug-likeness (QED) is 0.740. The molecule has 1 saturated heterocycles. The van der Waals surface area contributed by atoms with E-state index in [0.29, 0.717) is 36.1 Å². The maximum Gasteiger partial charge on any atom is 0.280 e. The smallest absolute Gasteiger partial charge is 0.280 e. The topological polar surface area (TPSA) is 118 Å². The summed E-state index contributed by atoms with van der Waals surface area (Å²) in [6.45, 7) is 0.641. The predicted octanol–water partition coefficient (Wildman–Crippen LogP) is 1.71. The minimum atomic E-state index is -0.306. The van der Waals surface area contributed by atoms with Gasteiger partial charge in [0.05, 0.1) is 0 Å². The van der Waals surface area contributed by atoms with Crippen molar-refractivity contribution in [2.45, 2.75) is 31.7 Å².